The van der Waals surface area contributed by atoms with Gasteiger partial charge in [-0.2, -0.15) is 0 Å². The Hall–Kier alpha value is -2.31. The quantitative estimate of drug-likeness (QED) is 0.794. The summed E-state index contributed by atoms with van der Waals surface area (Å²) in [4.78, 5) is 6.39. The van der Waals surface area contributed by atoms with Gasteiger partial charge in [0, 0.05) is 30.9 Å². The van der Waals surface area contributed by atoms with Crippen LogP contribution in [0, 0.1) is 18.6 Å². The lowest BCUT2D eigenvalue weighted by Gasteiger charge is -2.24. The number of pyridine rings is 1. The molecule has 3 heterocycles. The van der Waals surface area contributed by atoms with Gasteiger partial charge in [-0.25, -0.2) is 13.8 Å². The van der Waals surface area contributed by atoms with E-state index in [9.17, 15) is 13.9 Å². The van der Waals surface area contributed by atoms with Gasteiger partial charge in [-0.3, -0.25) is 4.90 Å². The van der Waals surface area contributed by atoms with Crippen molar-refractivity contribution >= 4 is 5.65 Å². The summed E-state index contributed by atoms with van der Waals surface area (Å²) in [5, 5.41) is 10.1. The molecule has 1 aromatic carbocycles. The molecule has 4 nitrogen and oxygen atoms in total. The first kappa shape index (κ1) is 16.2. The van der Waals surface area contributed by atoms with Crippen molar-refractivity contribution in [2.75, 3.05) is 6.54 Å². The van der Waals surface area contributed by atoms with Crippen molar-refractivity contribution < 1.29 is 13.9 Å². The van der Waals surface area contributed by atoms with E-state index in [2.05, 4.69) is 4.98 Å². The number of hydrogen-bond donors (Lipinski definition) is 1. The predicted molar refractivity (Wildman–Crippen MR) is 90.1 cm³/mol. The molecule has 0 saturated carbocycles. The molecule has 1 aliphatic rings. The molecule has 6 heteroatoms. The average Bonchev–Trinajstić information content (AvgIpc) is 3.13. The van der Waals surface area contributed by atoms with Crippen molar-refractivity contribution in [3.8, 4) is 0 Å². The second-order valence-electron chi connectivity index (χ2n) is 6.68. The number of fused-ring (bicyclic) bond motifs is 1. The Morgan fingerprint density at radius 2 is 2.08 bits per heavy atom. The average molecular weight is 343 g/mol. The number of aliphatic hydroxyl groups excluding tert-OH is 1. The molecule has 1 aliphatic heterocycles. The molecule has 2 aromatic heterocycles. The number of benzene rings is 1. The normalized spacial score (nSPS) is 21.3. The van der Waals surface area contributed by atoms with Crippen molar-refractivity contribution in [1.29, 1.82) is 0 Å². The first-order valence-corrected chi connectivity index (χ1v) is 8.31. The fourth-order valence-electron chi connectivity index (χ4n) is 3.61. The van der Waals surface area contributed by atoms with E-state index >= 15 is 0 Å². The third-order valence-electron chi connectivity index (χ3n) is 4.81. The van der Waals surface area contributed by atoms with Crippen LogP contribution in [0.5, 0.6) is 0 Å². The molecular weight excluding hydrogens is 324 g/mol. The number of β-amino-alcohol motifs (C(OH)–C–C–N with tert-alkyl or cyclic N) is 1. The summed E-state index contributed by atoms with van der Waals surface area (Å²) in [7, 11) is 0. The van der Waals surface area contributed by atoms with E-state index in [4.69, 9.17) is 0 Å². The van der Waals surface area contributed by atoms with Crippen molar-refractivity contribution in [2.45, 2.75) is 32.0 Å². The molecule has 1 N–H and O–H groups in total. The van der Waals surface area contributed by atoms with E-state index in [0.717, 1.165) is 29.0 Å². The third kappa shape index (κ3) is 3.03. The number of imidazole rings is 1. The maximum atomic E-state index is 14.2. The highest BCUT2D eigenvalue weighted by molar-refractivity contribution is 5.43. The van der Waals surface area contributed by atoms with Crippen LogP contribution in [0.15, 0.2) is 42.7 Å². The summed E-state index contributed by atoms with van der Waals surface area (Å²) in [6.45, 7) is 2.93. The van der Waals surface area contributed by atoms with Gasteiger partial charge in [0.25, 0.3) is 0 Å². The first-order valence-electron chi connectivity index (χ1n) is 8.31. The minimum Gasteiger partial charge on any atom is -0.392 e. The van der Waals surface area contributed by atoms with Crippen LogP contribution in [0.25, 0.3) is 5.65 Å². The SMILES string of the molecule is Cc1ccn2c(CN3CC(O)CC3c3cc(F)ccc3F)cnc2c1. The maximum Gasteiger partial charge on any atom is 0.137 e. The summed E-state index contributed by atoms with van der Waals surface area (Å²) in [6.07, 6.45) is 3.57. The number of rotatable bonds is 3. The minimum atomic E-state index is -0.561. The molecule has 3 aromatic rings. The molecule has 0 amide bonds. The van der Waals surface area contributed by atoms with E-state index in [1.54, 1.807) is 6.20 Å². The van der Waals surface area contributed by atoms with Crippen molar-refractivity contribution in [2.24, 2.45) is 0 Å². The van der Waals surface area contributed by atoms with E-state index in [1.165, 1.54) is 6.07 Å². The molecule has 130 valence electrons. The molecule has 1 fully saturated rings. The lowest BCUT2D eigenvalue weighted by molar-refractivity contribution is 0.171. The fourth-order valence-corrected chi connectivity index (χ4v) is 3.61. The van der Waals surface area contributed by atoms with Crippen LogP contribution in [-0.2, 0) is 6.54 Å². The monoisotopic (exact) mass is 343 g/mol. The molecule has 2 unspecified atom stereocenters. The van der Waals surface area contributed by atoms with Crippen LogP contribution >= 0.6 is 0 Å². The van der Waals surface area contributed by atoms with Crippen molar-refractivity contribution in [1.82, 2.24) is 14.3 Å². The largest absolute Gasteiger partial charge is 0.392 e. The molecule has 1 saturated heterocycles. The van der Waals surface area contributed by atoms with Gasteiger partial charge in [-0.1, -0.05) is 0 Å². The van der Waals surface area contributed by atoms with Crippen molar-refractivity contribution in [3.05, 3.63) is 71.2 Å². The van der Waals surface area contributed by atoms with E-state index in [0.29, 0.717) is 25.1 Å². The lowest BCUT2D eigenvalue weighted by Crippen LogP contribution is -2.25. The van der Waals surface area contributed by atoms with Gasteiger partial charge in [0.15, 0.2) is 0 Å². The molecule has 25 heavy (non-hydrogen) atoms. The smallest absolute Gasteiger partial charge is 0.137 e. The number of nitrogens with zero attached hydrogens (tertiary/aromatic N) is 3. The van der Waals surface area contributed by atoms with Crippen LogP contribution in [-0.4, -0.2) is 32.0 Å². The van der Waals surface area contributed by atoms with E-state index in [1.807, 2.05) is 34.6 Å². The van der Waals surface area contributed by atoms with E-state index < -0.39 is 17.7 Å². The lowest BCUT2D eigenvalue weighted by atomic mass is 10.0. The molecule has 0 bridgehead atoms. The Morgan fingerprint density at radius 1 is 1.24 bits per heavy atom. The van der Waals surface area contributed by atoms with Gasteiger partial charge in [-0.05, 0) is 49.2 Å². The van der Waals surface area contributed by atoms with Gasteiger partial charge in [0.1, 0.15) is 17.3 Å². The van der Waals surface area contributed by atoms with E-state index in [-0.39, 0.29) is 6.04 Å². The third-order valence-corrected chi connectivity index (χ3v) is 4.81. The van der Waals surface area contributed by atoms with Gasteiger partial charge in [0.2, 0.25) is 0 Å². The Kier molecular flexibility index (Phi) is 4.01. The number of halogens is 2. The minimum absolute atomic E-state index is 0.293. The Balaban J connectivity index is 1.66. The standard InChI is InChI=1S/C19H19F2N3O/c1-12-4-5-24-14(9-22-19(24)6-12)10-23-11-15(25)8-18(23)16-7-13(20)2-3-17(16)21/h2-7,9,15,18,25H,8,10-11H2,1H3. The van der Waals surface area contributed by atoms with Crippen LogP contribution in [0.2, 0.25) is 0 Å². The zero-order valence-electron chi connectivity index (χ0n) is 13.9. The second-order valence-corrected chi connectivity index (χ2v) is 6.68. The van der Waals surface area contributed by atoms with Crippen LogP contribution < -0.4 is 0 Å². The highest BCUT2D eigenvalue weighted by Gasteiger charge is 2.34. The van der Waals surface area contributed by atoms with Gasteiger partial charge in [0.05, 0.1) is 18.0 Å². The molecule has 4 rings (SSSR count). The Morgan fingerprint density at radius 3 is 2.92 bits per heavy atom. The summed E-state index contributed by atoms with van der Waals surface area (Å²) in [5.74, 6) is -0.915. The molecule has 0 spiro atoms. The van der Waals surface area contributed by atoms with Crippen LogP contribution in [0.1, 0.15) is 29.3 Å². The molecule has 0 aliphatic carbocycles. The molecule has 0 radical (unpaired) electrons. The van der Waals surface area contributed by atoms with Gasteiger partial charge < -0.3 is 9.51 Å². The van der Waals surface area contributed by atoms with Crippen LogP contribution in [0.4, 0.5) is 8.78 Å². The highest BCUT2D eigenvalue weighted by Crippen LogP contribution is 2.35. The topological polar surface area (TPSA) is 40.8 Å². The van der Waals surface area contributed by atoms with Crippen molar-refractivity contribution in [3.63, 3.8) is 0 Å². The number of likely N-dealkylation sites (tertiary alicyclic amines) is 1. The highest BCUT2D eigenvalue weighted by atomic mass is 19.1. The summed E-state index contributed by atoms with van der Waals surface area (Å²) in [6, 6.07) is 7.11. The Bertz CT molecular complexity index is 924. The first-order chi connectivity index (χ1) is 12.0. The fraction of sp³-hybridized carbons (Fsp3) is 0.316. The number of aliphatic hydroxyl groups is 1. The van der Waals surface area contributed by atoms with Crippen LogP contribution in [0.3, 0.4) is 0 Å². The number of aromatic nitrogens is 2. The second kappa shape index (κ2) is 6.20. The van der Waals surface area contributed by atoms with Gasteiger partial charge >= 0.3 is 0 Å². The Labute approximate surface area is 144 Å². The summed E-state index contributed by atoms with van der Waals surface area (Å²) < 4.78 is 29.8. The molecule has 2 atom stereocenters. The summed E-state index contributed by atoms with van der Waals surface area (Å²) in [5.41, 5.74) is 3.22. The zero-order valence-corrected chi connectivity index (χ0v) is 13.9. The number of aryl methyl sites for hydroxylation is 1. The zero-order chi connectivity index (χ0) is 17.6. The predicted octanol–water partition coefficient (Wildman–Crippen LogP) is 3.23. The van der Waals surface area contributed by atoms with Gasteiger partial charge in [-0.15, -0.1) is 0 Å². The maximum absolute atomic E-state index is 14.2. The summed E-state index contributed by atoms with van der Waals surface area (Å²) >= 11 is 0. The molecular formula is C19H19F2N3O. The number of hydrogen-bond acceptors (Lipinski definition) is 3.